The number of ketones is 1. The van der Waals surface area contributed by atoms with Gasteiger partial charge >= 0.3 is 0 Å². The van der Waals surface area contributed by atoms with E-state index >= 15 is 0 Å². The van der Waals surface area contributed by atoms with Crippen molar-refractivity contribution in [2.45, 2.75) is 107 Å². The molecular formula is C54H61N5O2S2+2. The summed E-state index contributed by atoms with van der Waals surface area (Å²) >= 11 is 3.65. The molecule has 6 aromatic rings. The molecule has 4 aromatic carbocycles. The van der Waals surface area contributed by atoms with Crippen LogP contribution in [0.1, 0.15) is 94.4 Å². The molecule has 2 aliphatic heterocycles. The van der Waals surface area contributed by atoms with Crippen molar-refractivity contribution in [3.05, 3.63) is 142 Å². The summed E-state index contributed by atoms with van der Waals surface area (Å²) in [5.41, 5.74) is 8.85. The van der Waals surface area contributed by atoms with Crippen molar-refractivity contribution in [3.63, 3.8) is 0 Å². The van der Waals surface area contributed by atoms with E-state index in [4.69, 9.17) is 0 Å². The Labute approximate surface area is 382 Å². The standard InChI is InChI=1S/C54H60N5O2S2/c1-4-5-20-42-37-41(39-54-57(3)49-28-13-15-30-51(49)63-54)45-24-9-11-26-47(45)59(42)35-17-6-7-31-52(61)55-33-19-22-43(60)21-16-18-34-58-36-32-40(44-23-8-10-25-46(44)58)38-53-56(2)48-27-12-14-29-50(48)62-53/h8-15,23-30,32,36-39H,4-7,16-22,31,33-35H2,1-3H3/q+1/p+1. The van der Waals surface area contributed by atoms with Gasteiger partial charge in [0.1, 0.15) is 18.9 Å². The summed E-state index contributed by atoms with van der Waals surface area (Å²) in [5.74, 6) is 0.368. The Morgan fingerprint density at radius 2 is 1.21 bits per heavy atom. The molecule has 7 nitrogen and oxygen atoms in total. The van der Waals surface area contributed by atoms with Crippen LogP contribution in [0.5, 0.6) is 0 Å². The predicted octanol–water partition coefficient (Wildman–Crippen LogP) is 11.9. The maximum Gasteiger partial charge on any atom is 0.219 e. The van der Waals surface area contributed by atoms with Crippen LogP contribution in [0.15, 0.2) is 135 Å². The largest absolute Gasteiger partial charge is 0.356 e. The maximum atomic E-state index is 12.8. The van der Waals surface area contributed by atoms with E-state index in [0.717, 1.165) is 64.5 Å². The lowest BCUT2D eigenvalue weighted by atomic mass is 10.0. The fourth-order valence-corrected chi connectivity index (χ4v) is 11.0. The Kier molecular flexibility index (Phi) is 15.0. The Morgan fingerprint density at radius 3 is 1.90 bits per heavy atom. The minimum atomic E-state index is 0.0871. The van der Waals surface area contributed by atoms with E-state index in [1.54, 1.807) is 0 Å². The van der Waals surface area contributed by atoms with Crippen molar-refractivity contribution in [2.24, 2.45) is 0 Å². The number of thioether (sulfide) groups is 2. The molecule has 1 amide bonds. The average molecular weight is 876 g/mol. The van der Waals surface area contributed by atoms with E-state index in [1.807, 2.05) is 23.5 Å². The number of aromatic nitrogens is 2. The number of hydrogen-bond acceptors (Lipinski definition) is 6. The van der Waals surface area contributed by atoms with Crippen molar-refractivity contribution in [1.82, 2.24) is 5.32 Å². The van der Waals surface area contributed by atoms with E-state index in [1.165, 1.54) is 69.9 Å². The van der Waals surface area contributed by atoms with Gasteiger partial charge in [0.25, 0.3) is 0 Å². The lowest BCUT2D eigenvalue weighted by Crippen LogP contribution is -2.39. The molecule has 2 aliphatic rings. The zero-order valence-corrected chi connectivity index (χ0v) is 38.8. The van der Waals surface area contributed by atoms with E-state index in [2.05, 4.69) is 173 Å². The molecule has 0 saturated carbocycles. The number of hydrogen-bond donors (Lipinski definition) is 1. The average Bonchev–Trinajstić information content (AvgIpc) is 3.80. The van der Waals surface area contributed by atoms with Crippen molar-refractivity contribution in [1.29, 1.82) is 0 Å². The van der Waals surface area contributed by atoms with Gasteiger partial charge in [-0.25, -0.2) is 0 Å². The van der Waals surface area contributed by atoms with Crippen LogP contribution in [0.25, 0.3) is 34.0 Å². The van der Waals surface area contributed by atoms with Crippen LogP contribution in [0.2, 0.25) is 0 Å². The van der Waals surface area contributed by atoms with Gasteiger partial charge in [0.15, 0.2) is 11.9 Å². The van der Waals surface area contributed by atoms with E-state index in [-0.39, 0.29) is 11.7 Å². The molecule has 8 rings (SSSR count). The number of pyridine rings is 2. The third-order valence-corrected chi connectivity index (χ3v) is 14.7. The number of carbonyl (C=O) groups excluding carboxylic acids is 2. The van der Waals surface area contributed by atoms with E-state index in [9.17, 15) is 9.59 Å². The van der Waals surface area contributed by atoms with Gasteiger partial charge in [0.05, 0.1) is 32.2 Å². The van der Waals surface area contributed by atoms with Gasteiger partial charge in [0.2, 0.25) is 16.9 Å². The summed E-state index contributed by atoms with van der Waals surface area (Å²) in [6.45, 7) is 4.62. The highest BCUT2D eigenvalue weighted by atomic mass is 32.2. The summed E-state index contributed by atoms with van der Waals surface area (Å²) in [4.78, 5) is 32.6. The molecule has 0 fully saturated rings. The molecule has 9 heteroatoms. The van der Waals surface area contributed by atoms with E-state index in [0.29, 0.717) is 32.2 Å². The van der Waals surface area contributed by atoms with Crippen molar-refractivity contribution >= 4 is 80.5 Å². The number of nitrogens with one attached hydrogen (secondary N) is 1. The first-order valence-corrected chi connectivity index (χ1v) is 24.6. The molecule has 63 heavy (non-hydrogen) atoms. The lowest BCUT2D eigenvalue weighted by Gasteiger charge is -2.15. The minimum absolute atomic E-state index is 0.0871. The van der Waals surface area contributed by atoms with Gasteiger partial charge in [-0.2, -0.15) is 9.13 Å². The van der Waals surface area contributed by atoms with Crippen LogP contribution in [-0.2, 0) is 29.1 Å². The van der Waals surface area contributed by atoms with Gasteiger partial charge in [-0.05, 0) is 91.8 Å². The van der Waals surface area contributed by atoms with Gasteiger partial charge in [-0.1, -0.05) is 85.4 Å². The highest BCUT2D eigenvalue weighted by Gasteiger charge is 2.25. The number of para-hydroxylation sites is 4. The second kappa shape index (κ2) is 21.3. The zero-order chi connectivity index (χ0) is 43.5. The summed E-state index contributed by atoms with van der Waals surface area (Å²) < 4.78 is 4.84. The Hall–Kier alpha value is -5.38. The topological polar surface area (TPSA) is 60.4 Å². The van der Waals surface area contributed by atoms with Crippen molar-refractivity contribution in [2.75, 3.05) is 30.4 Å². The number of rotatable bonds is 20. The zero-order valence-electron chi connectivity index (χ0n) is 37.2. The normalized spacial score (nSPS) is 14.6. The van der Waals surface area contributed by atoms with Crippen molar-refractivity contribution in [3.8, 4) is 0 Å². The number of benzene rings is 4. The molecule has 1 N–H and O–H groups in total. The number of anilines is 2. The molecule has 4 heterocycles. The van der Waals surface area contributed by atoms with Crippen LogP contribution in [0.4, 0.5) is 11.4 Å². The third-order valence-electron chi connectivity index (χ3n) is 12.4. The third kappa shape index (κ3) is 10.7. The quantitative estimate of drug-likeness (QED) is 0.0609. The summed E-state index contributed by atoms with van der Waals surface area (Å²) in [6, 6.07) is 39.2. The molecule has 0 saturated heterocycles. The number of Topliss-reactive ketones (excluding diaryl/α,β-unsaturated/α-hetero) is 1. The van der Waals surface area contributed by atoms with Crippen molar-refractivity contribution < 1.29 is 18.7 Å². The van der Waals surface area contributed by atoms with E-state index < -0.39 is 0 Å². The molecule has 324 valence electrons. The first-order valence-electron chi connectivity index (χ1n) is 23.0. The highest BCUT2D eigenvalue weighted by Crippen LogP contribution is 2.47. The van der Waals surface area contributed by atoms with Gasteiger partial charge < -0.3 is 15.1 Å². The number of unbranched alkanes of at least 4 members (excludes halogenated alkanes) is 4. The van der Waals surface area contributed by atoms with Crippen LogP contribution in [0, 0.1) is 0 Å². The number of nitrogens with zero attached hydrogens (tertiary/aromatic N) is 4. The summed E-state index contributed by atoms with van der Waals surface area (Å²) in [7, 11) is 4.29. The lowest BCUT2D eigenvalue weighted by molar-refractivity contribution is -0.679. The fourth-order valence-electron chi connectivity index (χ4n) is 8.84. The van der Waals surface area contributed by atoms with Crippen LogP contribution in [-0.4, -0.2) is 32.3 Å². The summed E-state index contributed by atoms with van der Waals surface area (Å²) in [6.07, 6.45) is 17.2. The Bertz CT molecular complexity index is 2660. The fraction of sp³-hybridized carbons (Fsp3) is 0.333. The van der Waals surface area contributed by atoms with Crippen LogP contribution >= 0.6 is 23.5 Å². The first-order chi connectivity index (χ1) is 30.9. The Morgan fingerprint density at radius 1 is 0.619 bits per heavy atom. The minimum Gasteiger partial charge on any atom is -0.356 e. The Balaban J connectivity index is 0.748. The second-order valence-electron chi connectivity index (χ2n) is 16.8. The maximum absolute atomic E-state index is 12.8. The molecule has 0 radical (unpaired) electrons. The molecule has 0 bridgehead atoms. The molecule has 2 aromatic heterocycles. The molecule has 0 atom stereocenters. The summed E-state index contributed by atoms with van der Waals surface area (Å²) in [5, 5.41) is 8.04. The van der Waals surface area contributed by atoms with Crippen LogP contribution in [0.3, 0.4) is 0 Å². The van der Waals surface area contributed by atoms with Gasteiger partial charge in [-0.15, -0.1) is 0 Å². The molecule has 0 spiro atoms. The molecular weight excluding hydrogens is 815 g/mol. The number of amides is 1. The number of aryl methyl sites for hydroxylation is 3. The monoisotopic (exact) mass is 875 g/mol. The smallest absolute Gasteiger partial charge is 0.219 e. The SMILES string of the molecule is CCCCc1cc(C=C2Sc3ccccc3N2C)c2ccccc2[n+]1CCCCCC(=O)NCCCC(=O)CCCC[n+]1ccc(C=C2Sc3ccccc3N2C)c2ccccc21. The van der Waals surface area contributed by atoms with Crippen LogP contribution < -0.4 is 24.3 Å². The predicted molar refractivity (Wildman–Crippen MR) is 264 cm³/mol. The second-order valence-corrected chi connectivity index (χ2v) is 19.0. The molecule has 0 unspecified atom stereocenters. The first kappa shape index (κ1) is 44.2. The number of fused-ring (bicyclic) bond motifs is 4. The highest BCUT2D eigenvalue weighted by molar-refractivity contribution is 8.04. The number of carbonyl (C=O) groups is 2. The van der Waals surface area contributed by atoms with Gasteiger partial charge in [0, 0.05) is 93.2 Å². The molecule has 0 aliphatic carbocycles. The van der Waals surface area contributed by atoms with Gasteiger partial charge in [-0.3, -0.25) is 9.59 Å².